The van der Waals surface area contributed by atoms with Crippen LogP contribution in [0, 0.1) is 0 Å². The van der Waals surface area contributed by atoms with Crippen LogP contribution in [0.5, 0.6) is 0 Å². The predicted octanol–water partition coefficient (Wildman–Crippen LogP) is 6.76. The number of rotatable bonds is 2. The molecule has 4 aromatic carbocycles. The minimum absolute atomic E-state index is 0. The molecular weight excluding hydrogens is 548 g/mol. The summed E-state index contributed by atoms with van der Waals surface area (Å²) in [4.78, 5) is 0.990. The topological polar surface area (TPSA) is 0 Å². The van der Waals surface area contributed by atoms with Crippen LogP contribution in [0.25, 0.3) is 0 Å². The van der Waals surface area contributed by atoms with E-state index in [-0.39, 0.29) is 39.6 Å². The second kappa shape index (κ2) is 12.1. The van der Waals surface area contributed by atoms with Gasteiger partial charge in [0.25, 0.3) is 0 Å². The zero-order valence-electron chi connectivity index (χ0n) is 14.5. The van der Waals surface area contributed by atoms with Crippen molar-refractivity contribution in [3.63, 3.8) is 0 Å². The molecule has 0 amide bonds. The Bertz CT molecular complexity index is 680. The van der Waals surface area contributed by atoms with E-state index in [1.807, 2.05) is 60.7 Å². The van der Waals surface area contributed by atoms with Gasteiger partial charge in [0.05, 0.1) is 0 Å². The quantitative estimate of drug-likeness (QED) is 0.143. The maximum absolute atomic E-state index is 3.77. The second-order valence-corrected chi connectivity index (χ2v) is 7.92. The van der Waals surface area contributed by atoms with Gasteiger partial charge in [-0.2, -0.15) is 71.8 Å². The van der Waals surface area contributed by atoms with Gasteiger partial charge in [0, 0.05) is 9.65 Å². The predicted molar refractivity (Wildman–Crippen MR) is 114 cm³/mol. The molecule has 0 radical (unpaired) electrons. The average molecular weight is 568 g/mol. The van der Waals surface area contributed by atoms with Crippen LogP contribution in [0.2, 0.25) is 0 Å². The molecule has 0 spiro atoms. The average Bonchev–Trinajstić information content (AvgIpc) is 3.41. The summed E-state index contributed by atoms with van der Waals surface area (Å²) in [6, 6.07) is 37.3. The third-order valence-electron chi connectivity index (χ3n) is 4.41. The molecule has 4 aromatic rings. The molecule has 1 fully saturated rings. The molecule has 1 aliphatic rings. The van der Waals surface area contributed by atoms with Crippen molar-refractivity contribution in [2.75, 3.05) is 0 Å². The third kappa shape index (κ3) is 5.70. The largest absolute Gasteiger partial charge is 2.00 e. The van der Waals surface area contributed by atoms with E-state index < -0.39 is 0 Å². The summed E-state index contributed by atoms with van der Waals surface area (Å²) < 4.78 is 0. The van der Waals surface area contributed by atoms with Gasteiger partial charge in [0.2, 0.25) is 0 Å². The third-order valence-corrected chi connectivity index (χ3v) is 7.62. The van der Waals surface area contributed by atoms with Crippen LogP contribution < -0.4 is 0 Å². The fraction of sp³-hybridized carbons (Fsp3) is 0.130. The van der Waals surface area contributed by atoms with Crippen LogP contribution in [0.1, 0.15) is 11.1 Å². The zero-order valence-corrected chi connectivity index (χ0v) is 19.9. The maximum atomic E-state index is 3.77. The van der Waals surface area contributed by atoms with Gasteiger partial charge >= 0.3 is 34.1 Å². The summed E-state index contributed by atoms with van der Waals surface area (Å²) in [5, 5.41) is 0. The van der Waals surface area contributed by atoms with Crippen LogP contribution in [-0.4, -0.2) is 9.65 Å². The first-order valence-corrected chi connectivity index (χ1v) is 10.2. The van der Waals surface area contributed by atoms with E-state index in [1.54, 1.807) is 0 Å². The number of halogens is 2. The standard InChI is InChI=1S/C13H10Br2.2C5H5.2Fe/c14-11-12(15)13(11,9-5-1-2-6-9)10-7-3-4-8-10;2*1-2-4-5-3-1;;/h1-8,11-12H;2*1-5H;;/q-2;2*-1;2*+2. The van der Waals surface area contributed by atoms with E-state index >= 15 is 0 Å². The van der Waals surface area contributed by atoms with Crippen molar-refractivity contribution < 1.29 is 34.1 Å². The Morgan fingerprint density at radius 3 is 1.04 bits per heavy atom. The van der Waals surface area contributed by atoms with Crippen molar-refractivity contribution in [3.8, 4) is 0 Å². The minimum Gasteiger partial charge on any atom is -0.214 e. The van der Waals surface area contributed by atoms with Gasteiger partial charge in [-0.3, -0.25) is 0 Å². The van der Waals surface area contributed by atoms with Crippen molar-refractivity contribution in [2.45, 2.75) is 15.1 Å². The molecule has 27 heavy (non-hydrogen) atoms. The normalized spacial score (nSPS) is 18.4. The zero-order chi connectivity index (χ0) is 17.5. The Morgan fingerprint density at radius 1 is 0.556 bits per heavy atom. The van der Waals surface area contributed by atoms with E-state index in [4.69, 9.17) is 0 Å². The van der Waals surface area contributed by atoms with Crippen LogP contribution in [-0.2, 0) is 39.6 Å². The summed E-state index contributed by atoms with van der Waals surface area (Å²) in [7, 11) is 0. The Kier molecular flexibility index (Phi) is 10.9. The molecule has 2 unspecified atom stereocenters. The molecule has 0 bridgehead atoms. The van der Waals surface area contributed by atoms with Crippen molar-refractivity contribution in [1.29, 1.82) is 0 Å². The molecule has 0 aromatic heterocycles. The first kappa shape index (κ1) is 24.4. The molecule has 5 rings (SSSR count). The van der Waals surface area contributed by atoms with Crippen LogP contribution in [0.4, 0.5) is 0 Å². The van der Waals surface area contributed by atoms with Crippen LogP contribution in [0.15, 0.2) is 109 Å². The van der Waals surface area contributed by atoms with Crippen molar-refractivity contribution >= 4 is 31.9 Å². The molecule has 1 saturated carbocycles. The number of alkyl halides is 2. The van der Waals surface area contributed by atoms with E-state index in [0.29, 0.717) is 9.65 Å². The molecule has 0 aliphatic heterocycles. The van der Waals surface area contributed by atoms with E-state index in [0.717, 1.165) is 0 Å². The van der Waals surface area contributed by atoms with Gasteiger partial charge in [-0.05, 0) is 5.41 Å². The molecule has 4 heteroatoms. The fourth-order valence-electron chi connectivity index (χ4n) is 3.05. The first-order chi connectivity index (χ1) is 12.3. The van der Waals surface area contributed by atoms with Gasteiger partial charge in [-0.25, -0.2) is 48.5 Å². The number of hydrogen-bond donors (Lipinski definition) is 0. The molecule has 0 nitrogen and oxygen atoms in total. The van der Waals surface area contributed by atoms with E-state index in [2.05, 4.69) is 80.4 Å². The van der Waals surface area contributed by atoms with Crippen molar-refractivity contribution in [1.82, 2.24) is 0 Å². The Labute approximate surface area is 200 Å². The van der Waals surface area contributed by atoms with Gasteiger partial charge < -0.3 is 0 Å². The van der Waals surface area contributed by atoms with Gasteiger partial charge in [0.15, 0.2) is 0 Å². The summed E-state index contributed by atoms with van der Waals surface area (Å²) in [6.45, 7) is 0. The molecule has 0 N–H and O–H groups in total. The van der Waals surface area contributed by atoms with Crippen LogP contribution in [0.3, 0.4) is 0 Å². The smallest absolute Gasteiger partial charge is 0.214 e. The molecule has 142 valence electrons. The molecule has 0 heterocycles. The summed E-state index contributed by atoms with van der Waals surface area (Å²) in [5.74, 6) is 0. The second-order valence-electron chi connectivity index (χ2n) is 5.94. The Hall–Kier alpha value is -0.601. The first-order valence-electron chi connectivity index (χ1n) is 8.34. The van der Waals surface area contributed by atoms with Crippen molar-refractivity contribution in [3.05, 3.63) is 120 Å². The summed E-state index contributed by atoms with van der Waals surface area (Å²) >= 11 is 7.53. The molecule has 2 atom stereocenters. The summed E-state index contributed by atoms with van der Waals surface area (Å²) in [5.41, 5.74) is 2.95. The molecule has 0 saturated heterocycles. The minimum atomic E-state index is 0. The molecular formula is C23H20Br2Fe2. The van der Waals surface area contributed by atoms with Gasteiger partial charge in [-0.1, -0.05) is 31.9 Å². The fourth-order valence-corrected chi connectivity index (χ4v) is 5.56. The van der Waals surface area contributed by atoms with Crippen molar-refractivity contribution in [2.24, 2.45) is 0 Å². The van der Waals surface area contributed by atoms with Gasteiger partial charge in [-0.15, -0.1) is 0 Å². The summed E-state index contributed by atoms with van der Waals surface area (Å²) in [6.07, 6.45) is 0. The number of hydrogen-bond acceptors (Lipinski definition) is 0. The SMILES string of the molecule is BrC1C(Br)C1([c-]1cccc1)[c-]1cccc1.[Fe+2].[Fe+2].c1cc[cH-]c1.c1cc[cH-]c1. The van der Waals surface area contributed by atoms with Gasteiger partial charge in [0.1, 0.15) is 0 Å². The monoisotopic (exact) mass is 566 g/mol. The Balaban J connectivity index is 0.000000253. The van der Waals surface area contributed by atoms with E-state index in [1.165, 1.54) is 11.1 Å². The van der Waals surface area contributed by atoms with E-state index in [9.17, 15) is 0 Å². The Morgan fingerprint density at radius 2 is 0.852 bits per heavy atom. The maximum Gasteiger partial charge on any atom is 2.00 e. The van der Waals surface area contributed by atoms with Crippen LogP contribution >= 0.6 is 31.9 Å². The molecule has 1 aliphatic carbocycles.